The molecular weight excluding hydrogens is 160 g/mol. The lowest BCUT2D eigenvalue weighted by atomic mass is 9.87. The minimum Gasteiger partial charge on any atom is -0.411 e. The van der Waals surface area contributed by atoms with E-state index in [1.807, 2.05) is 0 Å². The van der Waals surface area contributed by atoms with Crippen molar-refractivity contribution in [3.63, 3.8) is 0 Å². The van der Waals surface area contributed by atoms with Gasteiger partial charge in [0, 0.05) is 29.9 Å². The third-order valence-electron chi connectivity index (χ3n) is 2.26. The van der Waals surface area contributed by atoms with Crippen molar-refractivity contribution in [2.24, 2.45) is 11.1 Å². The number of nitrogens with zero attached hydrogens (tertiary/aromatic N) is 2. The number of oxime groups is 1. The molecule has 68 valence electrons. The van der Waals surface area contributed by atoms with Gasteiger partial charge in [0.25, 0.3) is 0 Å². The van der Waals surface area contributed by atoms with Gasteiger partial charge >= 0.3 is 0 Å². The maximum Gasteiger partial charge on any atom is 0.213 e. The first-order chi connectivity index (χ1) is 5.74. The van der Waals surface area contributed by atoms with Crippen LogP contribution in [0.5, 0.6) is 0 Å². The average molecular weight is 172 g/mol. The van der Waals surface area contributed by atoms with E-state index < -0.39 is 6.04 Å². The van der Waals surface area contributed by atoms with Crippen LogP contribution in [0.4, 0.5) is 0 Å². The van der Waals surface area contributed by atoms with Crippen molar-refractivity contribution in [1.82, 2.24) is 0 Å². The molecule has 0 aromatic rings. The van der Waals surface area contributed by atoms with Crippen molar-refractivity contribution in [3.05, 3.63) is 10.1 Å². The minimum absolute atomic E-state index is 0.0825. The van der Waals surface area contributed by atoms with Crippen LogP contribution in [0.1, 0.15) is 25.7 Å². The molecule has 0 amide bonds. The van der Waals surface area contributed by atoms with Gasteiger partial charge in [0.15, 0.2) is 0 Å². The van der Waals surface area contributed by atoms with E-state index in [0.717, 1.165) is 12.8 Å². The first-order valence-electron chi connectivity index (χ1n) is 4.05. The summed E-state index contributed by atoms with van der Waals surface area (Å²) in [6.07, 6.45) is 4.31. The summed E-state index contributed by atoms with van der Waals surface area (Å²) in [5.74, 6) is 0.0825. The molecule has 0 saturated heterocycles. The molecule has 0 aliphatic heterocycles. The Labute approximate surface area is 70.2 Å². The van der Waals surface area contributed by atoms with Gasteiger partial charge in [-0.1, -0.05) is 0 Å². The molecule has 2 atom stereocenters. The molecule has 5 nitrogen and oxygen atoms in total. The summed E-state index contributed by atoms with van der Waals surface area (Å²) < 4.78 is 0. The molecule has 0 heterocycles. The predicted molar refractivity (Wildman–Crippen MR) is 43.0 cm³/mol. The molecule has 0 radical (unpaired) electrons. The van der Waals surface area contributed by atoms with Crippen molar-refractivity contribution in [2.75, 3.05) is 0 Å². The second-order valence-electron chi connectivity index (χ2n) is 3.13. The molecule has 1 saturated carbocycles. The summed E-state index contributed by atoms with van der Waals surface area (Å²) in [6.45, 7) is 0. The van der Waals surface area contributed by atoms with E-state index in [1.54, 1.807) is 0 Å². The van der Waals surface area contributed by atoms with E-state index in [4.69, 9.17) is 5.21 Å². The largest absolute Gasteiger partial charge is 0.411 e. The zero-order valence-electron chi connectivity index (χ0n) is 6.72. The molecule has 5 heteroatoms. The number of rotatable bonds is 2. The predicted octanol–water partition coefficient (Wildman–Crippen LogP) is 1.28. The Balaban J connectivity index is 2.45. The van der Waals surface area contributed by atoms with Crippen LogP contribution in [0.3, 0.4) is 0 Å². The summed E-state index contributed by atoms with van der Waals surface area (Å²) in [6, 6.07) is -0.443. The first-order valence-corrected chi connectivity index (χ1v) is 4.05. The Morgan fingerprint density at radius 3 is 2.92 bits per heavy atom. The van der Waals surface area contributed by atoms with Gasteiger partial charge in [0.05, 0.1) is 0 Å². The molecule has 1 N–H and O–H groups in total. The maximum atomic E-state index is 10.4. The molecule has 0 aromatic carbocycles. The third kappa shape index (κ3) is 2.18. The fourth-order valence-electron chi connectivity index (χ4n) is 1.62. The molecule has 0 aromatic heterocycles. The highest BCUT2D eigenvalue weighted by molar-refractivity contribution is 5.59. The number of hydrogen-bond acceptors (Lipinski definition) is 4. The molecule has 1 rings (SSSR count). The van der Waals surface area contributed by atoms with Crippen LogP contribution in [0.25, 0.3) is 0 Å². The standard InChI is InChI=1S/C7H12N2O3/c10-8-5-6-2-1-3-7(4-6)9(11)12/h5-7,10H,1-4H2/b8-5+. The summed E-state index contributed by atoms with van der Waals surface area (Å²) in [5, 5.41) is 21.6. The smallest absolute Gasteiger partial charge is 0.213 e. The van der Waals surface area contributed by atoms with Crippen molar-refractivity contribution < 1.29 is 10.1 Å². The molecule has 1 aliphatic rings. The first kappa shape index (κ1) is 8.96. The van der Waals surface area contributed by atoms with Crippen molar-refractivity contribution in [1.29, 1.82) is 0 Å². The Hall–Kier alpha value is -1.13. The van der Waals surface area contributed by atoms with Gasteiger partial charge in [-0.15, -0.1) is 5.16 Å². The summed E-state index contributed by atoms with van der Waals surface area (Å²) in [4.78, 5) is 10.2. The van der Waals surface area contributed by atoms with Crippen LogP contribution in [0.15, 0.2) is 5.16 Å². The average Bonchev–Trinajstić information content (AvgIpc) is 2.05. The fraction of sp³-hybridized carbons (Fsp3) is 0.857. The maximum absolute atomic E-state index is 10.4. The normalized spacial score (nSPS) is 30.7. The van der Waals surface area contributed by atoms with E-state index in [2.05, 4.69) is 5.16 Å². The van der Waals surface area contributed by atoms with Gasteiger partial charge in [-0.2, -0.15) is 0 Å². The summed E-state index contributed by atoms with van der Waals surface area (Å²) >= 11 is 0. The van der Waals surface area contributed by atoms with Crippen LogP contribution in [-0.4, -0.2) is 22.4 Å². The molecular formula is C7H12N2O3. The summed E-state index contributed by atoms with van der Waals surface area (Å²) in [7, 11) is 0. The SMILES string of the molecule is O=[N+]([O-])C1CCCC(/C=N/O)C1. The van der Waals surface area contributed by atoms with E-state index in [0.29, 0.717) is 12.8 Å². The van der Waals surface area contributed by atoms with Gasteiger partial charge in [0.1, 0.15) is 0 Å². The van der Waals surface area contributed by atoms with Crippen LogP contribution < -0.4 is 0 Å². The van der Waals surface area contributed by atoms with E-state index in [1.165, 1.54) is 6.21 Å². The van der Waals surface area contributed by atoms with Gasteiger partial charge in [-0.05, 0) is 12.8 Å². The highest BCUT2D eigenvalue weighted by atomic mass is 16.6. The number of nitro groups is 1. The fourth-order valence-corrected chi connectivity index (χ4v) is 1.62. The molecule has 0 bridgehead atoms. The highest BCUT2D eigenvalue weighted by Gasteiger charge is 2.28. The van der Waals surface area contributed by atoms with Crippen LogP contribution in [0.2, 0.25) is 0 Å². The zero-order chi connectivity index (χ0) is 8.97. The monoisotopic (exact) mass is 172 g/mol. The molecule has 1 fully saturated rings. The zero-order valence-corrected chi connectivity index (χ0v) is 6.72. The molecule has 2 unspecified atom stereocenters. The van der Waals surface area contributed by atoms with Gasteiger partial charge in [-0.25, -0.2) is 0 Å². The van der Waals surface area contributed by atoms with Gasteiger partial charge in [-0.3, -0.25) is 10.1 Å². The lowest BCUT2D eigenvalue weighted by molar-refractivity contribution is -0.527. The Bertz CT molecular complexity index is 193. The lowest BCUT2D eigenvalue weighted by Gasteiger charge is -2.20. The van der Waals surface area contributed by atoms with Gasteiger partial charge in [0.2, 0.25) is 6.04 Å². The Morgan fingerprint density at radius 1 is 1.58 bits per heavy atom. The highest BCUT2D eigenvalue weighted by Crippen LogP contribution is 2.24. The van der Waals surface area contributed by atoms with Crippen LogP contribution in [0, 0.1) is 16.0 Å². The van der Waals surface area contributed by atoms with Gasteiger partial charge < -0.3 is 5.21 Å². The second kappa shape index (κ2) is 4.04. The second-order valence-corrected chi connectivity index (χ2v) is 3.13. The third-order valence-corrected chi connectivity index (χ3v) is 2.26. The van der Waals surface area contributed by atoms with E-state index in [9.17, 15) is 10.1 Å². The Morgan fingerprint density at radius 2 is 2.33 bits per heavy atom. The van der Waals surface area contributed by atoms with Crippen molar-refractivity contribution in [3.8, 4) is 0 Å². The molecule has 1 aliphatic carbocycles. The quantitative estimate of drug-likeness (QED) is 0.295. The van der Waals surface area contributed by atoms with Crippen molar-refractivity contribution in [2.45, 2.75) is 31.7 Å². The molecule has 0 spiro atoms. The number of hydrogen-bond donors (Lipinski definition) is 1. The van der Waals surface area contributed by atoms with Crippen LogP contribution >= 0.6 is 0 Å². The molecule has 12 heavy (non-hydrogen) atoms. The minimum atomic E-state index is -0.443. The summed E-state index contributed by atoms with van der Waals surface area (Å²) in [5.41, 5.74) is 0. The van der Waals surface area contributed by atoms with Crippen LogP contribution in [-0.2, 0) is 0 Å². The van der Waals surface area contributed by atoms with Crippen molar-refractivity contribution >= 4 is 6.21 Å². The topological polar surface area (TPSA) is 75.7 Å². The van der Waals surface area contributed by atoms with E-state index >= 15 is 0 Å². The lowest BCUT2D eigenvalue weighted by Crippen LogP contribution is -2.27. The Kier molecular flexibility index (Phi) is 3.01. The van der Waals surface area contributed by atoms with E-state index in [-0.39, 0.29) is 10.8 Å².